The molecule has 106 valence electrons. The van der Waals surface area contributed by atoms with Crippen molar-refractivity contribution in [3.05, 3.63) is 23.8 Å². The van der Waals surface area contributed by atoms with E-state index in [1.54, 1.807) is 6.92 Å². The molecule has 19 heavy (non-hydrogen) atoms. The number of benzene rings is 1. The van der Waals surface area contributed by atoms with Crippen LogP contribution in [0, 0.1) is 0 Å². The zero-order valence-electron chi connectivity index (χ0n) is 10.3. The number of phenols is 1. The van der Waals surface area contributed by atoms with Gasteiger partial charge < -0.3 is 14.9 Å². The Morgan fingerprint density at radius 3 is 2.68 bits per heavy atom. The third-order valence-corrected chi connectivity index (χ3v) is 3.43. The van der Waals surface area contributed by atoms with E-state index in [-0.39, 0.29) is 29.4 Å². The summed E-state index contributed by atoms with van der Waals surface area (Å²) in [6.07, 6.45) is 0. The fourth-order valence-electron chi connectivity index (χ4n) is 1.33. The van der Waals surface area contributed by atoms with Crippen LogP contribution in [-0.2, 0) is 14.8 Å². The molecule has 0 fully saturated rings. The number of phenolic OH excluding ortho intramolecular Hbond substituents is 1. The predicted molar refractivity (Wildman–Crippen MR) is 69.0 cm³/mol. The summed E-state index contributed by atoms with van der Waals surface area (Å²) in [7, 11) is -3.70. The lowest BCUT2D eigenvalue weighted by molar-refractivity contribution is 0.0697. The van der Waals surface area contributed by atoms with Gasteiger partial charge >= 0.3 is 5.97 Å². The van der Waals surface area contributed by atoms with Crippen LogP contribution in [0.4, 0.5) is 5.69 Å². The average molecular weight is 289 g/mol. The summed E-state index contributed by atoms with van der Waals surface area (Å²) in [5.74, 6) is -1.87. The van der Waals surface area contributed by atoms with Crippen LogP contribution in [0.25, 0.3) is 0 Å². The maximum atomic E-state index is 11.7. The zero-order valence-corrected chi connectivity index (χ0v) is 11.1. The summed E-state index contributed by atoms with van der Waals surface area (Å²) in [6.45, 7) is 2.16. The van der Waals surface area contributed by atoms with Crippen molar-refractivity contribution in [2.24, 2.45) is 0 Å². The van der Waals surface area contributed by atoms with Gasteiger partial charge in [-0.05, 0) is 25.1 Å². The molecule has 7 nitrogen and oxygen atoms in total. The monoisotopic (exact) mass is 289 g/mol. The molecular weight excluding hydrogens is 274 g/mol. The van der Waals surface area contributed by atoms with E-state index in [2.05, 4.69) is 4.72 Å². The SMILES string of the molecule is CCOCCS(=O)(=O)Nc1ccc(O)cc1C(=O)O. The van der Waals surface area contributed by atoms with Crippen LogP contribution in [-0.4, -0.2) is 43.6 Å². The van der Waals surface area contributed by atoms with Crippen molar-refractivity contribution in [1.82, 2.24) is 0 Å². The number of carbonyl (C=O) groups is 1. The molecule has 0 heterocycles. The van der Waals surface area contributed by atoms with Gasteiger partial charge in [0.15, 0.2) is 0 Å². The fraction of sp³-hybridized carbons (Fsp3) is 0.364. The Kier molecular flexibility index (Phi) is 5.13. The Bertz CT molecular complexity index is 554. The van der Waals surface area contributed by atoms with Gasteiger partial charge in [-0.25, -0.2) is 13.2 Å². The number of rotatable bonds is 7. The Balaban J connectivity index is 2.90. The van der Waals surface area contributed by atoms with E-state index >= 15 is 0 Å². The lowest BCUT2D eigenvalue weighted by Gasteiger charge is -2.10. The van der Waals surface area contributed by atoms with Gasteiger partial charge in [-0.3, -0.25) is 4.72 Å². The van der Waals surface area contributed by atoms with E-state index < -0.39 is 16.0 Å². The molecule has 0 saturated carbocycles. The number of aromatic carboxylic acids is 1. The highest BCUT2D eigenvalue weighted by molar-refractivity contribution is 7.92. The first-order chi connectivity index (χ1) is 8.85. The van der Waals surface area contributed by atoms with Crippen LogP contribution in [0.15, 0.2) is 18.2 Å². The van der Waals surface area contributed by atoms with Crippen molar-refractivity contribution in [1.29, 1.82) is 0 Å². The Morgan fingerprint density at radius 2 is 2.11 bits per heavy atom. The third-order valence-electron chi connectivity index (χ3n) is 2.20. The van der Waals surface area contributed by atoms with Gasteiger partial charge in [0.2, 0.25) is 10.0 Å². The molecule has 0 unspecified atom stereocenters. The summed E-state index contributed by atoms with van der Waals surface area (Å²) < 4.78 is 30.5. The summed E-state index contributed by atoms with van der Waals surface area (Å²) in [6, 6.07) is 3.37. The highest BCUT2D eigenvalue weighted by Gasteiger charge is 2.16. The molecule has 0 aliphatic carbocycles. The molecule has 0 spiro atoms. The highest BCUT2D eigenvalue weighted by atomic mass is 32.2. The number of nitrogens with one attached hydrogen (secondary N) is 1. The largest absolute Gasteiger partial charge is 0.508 e. The lowest BCUT2D eigenvalue weighted by Crippen LogP contribution is -2.21. The van der Waals surface area contributed by atoms with Crippen LogP contribution in [0.1, 0.15) is 17.3 Å². The summed E-state index contributed by atoms with van der Waals surface area (Å²) in [5.41, 5.74) is -0.415. The summed E-state index contributed by atoms with van der Waals surface area (Å²) in [5, 5.41) is 18.1. The zero-order chi connectivity index (χ0) is 14.5. The molecule has 0 atom stereocenters. The Hall–Kier alpha value is -1.80. The van der Waals surface area contributed by atoms with E-state index in [0.717, 1.165) is 6.07 Å². The number of anilines is 1. The maximum absolute atomic E-state index is 11.7. The Morgan fingerprint density at radius 1 is 1.42 bits per heavy atom. The molecule has 0 aromatic heterocycles. The number of ether oxygens (including phenoxy) is 1. The van der Waals surface area contributed by atoms with Gasteiger partial charge in [0, 0.05) is 6.61 Å². The molecule has 0 aliphatic rings. The van der Waals surface area contributed by atoms with E-state index in [1.807, 2.05) is 0 Å². The molecule has 1 aromatic carbocycles. The van der Waals surface area contributed by atoms with Crippen molar-refractivity contribution in [3.8, 4) is 5.75 Å². The number of carboxylic acids is 1. The molecule has 8 heteroatoms. The number of aromatic hydroxyl groups is 1. The highest BCUT2D eigenvalue weighted by Crippen LogP contribution is 2.22. The number of sulfonamides is 1. The molecule has 1 rings (SSSR count). The van der Waals surface area contributed by atoms with Crippen LogP contribution in [0.3, 0.4) is 0 Å². The van der Waals surface area contributed by atoms with E-state index in [9.17, 15) is 18.3 Å². The van der Waals surface area contributed by atoms with Crippen molar-refractivity contribution in [2.45, 2.75) is 6.92 Å². The van der Waals surface area contributed by atoms with E-state index in [0.29, 0.717) is 6.61 Å². The van der Waals surface area contributed by atoms with Crippen LogP contribution in [0.5, 0.6) is 5.75 Å². The van der Waals surface area contributed by atoms with Gasteiger partial charge in [0.25, 0.3) is 0 Å². The molecule has 0 aliphatic heterocycles. The first-order valence-corrected chi connectivity index (χ1v) is 7.15. The van der Waals surface area contributed by atoms with E-state index in [4.69, 9.17) is 9.84 Å². The van der Waals surface area contributed by atoms with Crippen LogP contribution in [0.2, 0.25) is 0 Å². The minimum atomic E-state index is -3.70. The van der Waals surface area contributed by atoms with Gasteiger partial charge in [-0.15, -0.1) is 0 Å². The number of hydrogen-bond donors (Lipinski definition) is 3. The minimum absolute atomic E-state index is 0.0202. The van der Waals surface area contributed by atoms with Crippen molar-refractivity contribution < 1.29 is 28.2 Å². The molecule has 3 N–H and O–H groups in total. The molecule has 1 aromatic rings. The molecule has 0 radical (unpaired) electrons. The molecule has 0 saturated heterocycles. The summed E-state index contributed by atoms with van der Waals surface area (Å²) >= 11 is 0. The predicted octanol–water partition coefficient (Wildman–Crippen LogP) is 0.869. The normalized spacial score (nSPS) is 11.2. The molecule has 0 bridgehead atoms. The third kappa shape index (κ3) is 4.76. The molecular formula is C11H15NO6S. The van der Waals surface area contributed by atoms with Crippen molar-refractivity contribution >= 4 is 21.7 Å². The topological polar surface area (TPSA) is 113 Å². The molecule has 0 amide bonds. The van der Waals surface area contributed by atoms with Gasteiger partial charge in [0.1, 0.15) is 5.75 Å². The number of carboxylic acid groups (broad SMARTS) is 1. The second-order valence-electron chi connectivity index (χ2n) is 3.65. The second kappa shape index (κ2) is 6.39. The minimum Gasteiger partial charge on any atom is -0.508 e. The van der Waals surface area contributed by atoms with Gasteiger partial charge in [0.05, 0.1) is 23.6 Å². The van der Waals surface area contributed by atoms with Crippen LogP contribution < -0.4 is 4.72 Å². The second-order valence-corrected chi connectivity index (χ2v) is 5.49. The van der Waals surface area contributed by atoms with Crippen molar-refractivity contribution in [3.63, 3.8) is 0 Å². The Labute approximate surface area is 110 Å². The standard InChI is InChI=1S/C11H15NO6S/c1-2-18-5-6-19(16,17)12-10-4-3-8(13)7-9(10)11(14)15/h3-4,7,12-13H,2,5-6H2,1H3,(H,14,15). The summed E-state index contributed by atoms with van der Waals surface area (Å²) in [4.78, 5) is 10.9. The van der Waals surface area contributed by atoms with Crippen molar-refractivity contribution in [2.75, 3.05) is 23.7 Å². The fourth-order valence-corrected chi connectivity index (χ4v) is 2.28. The van der Waals surface area contributed by atoms with Gasteiger partial charge in [-0.2, -0.15) is 0 Å². The average Bonchev–Trinajstić information content (AvgIpc) is 2.31. The smallest absolute Gasteiger partial charge is 0.337 e. The lowest BCUT2D eigenvalue weighted by atomic mass is 10.2. The first kappa shape index (κ1) is 15.3. The van der Waals surface area contributed by atoms with Crippen LogP contribution >= 0.6 is 0 Å². The quantitative estimate of drug-likeness (QED) is 0.507. The van der Waals surface area contributed by atoms with Gasteiger partial charge in [-0.1, -0.05) is 0 Å². The maximum Gasteiger partial charge on any atom is 0.337 e. The first-order valence-electron chi connectivity index (χ1n) is 5.50. The van der Waals surface area contributed by atoms with E-state index in [1.165, 1.54) is 12.1 Å². The number of hydrogen-bond acceptors (Lipinski definition) is 5.